The molecule has 0 atom stereocenters. The first-order chi connectivity index (χ1) is 14.0. The molecule has 0 saturated carbocycles. The zero-order valence-corrected chi connectivity index (χ0v) is 17.2. The molecule has 0 aromatic heterocycles. The third-order valence-corrected chi connectivity index (χ3v) is 5.50. The van der Waals surface area contributed by atoms with E-state index in [2.05, 4.69) is 53.5 Å². The molecule has 3 aromatic carbocycles. The van der Waals surface area contributed by atoms with Gasteiger partial charge in [-0.25, -0.2) is 5.43 Å². The van der Waals surface area contributed by atoms with Crippen LogP contribution in [0, 0.1) is 13.8 Å². The fourth-order valence-electron chi connectivity index (χ4n) is 3.51. The number of hydrogen-bond donors (Lipinski definition) is 1. The largest absolute Gasteiger partial charge is 0.363 e. The van der Waals surface area contributed by atoms with Gasteiger partial charge >= 0.3 is 0 Å². The van der Waals surface area contributed by atoms with Crippen molar-refractivity contribution in [1.82, 2.24) is 5.43 Å². The standard InChI is InChI=1S/C24H22ClN3O/c1-16-10-20-14-28(15-21(20)11-17(16)2)23-8-6-18(7-9-23)13-26-27-24(29)19-4-3-5-22(25)12-19/h3-13H,14-15H2,1-2H3,(H,27,29)/b26-13+. The maximum absolute atomic E-state index is 12.1. The second kappa shape index (κ2) is 8.10. The fourth-order valence-corrected chi connectivity index (χ4v) is 3.70. The van der Waals surface area contributed by atoms with Crippen LogP contribution in [0.25, 0.3) is 0 Å². The van der Waals surface area contributed by atoms with Crippen molar-refractivity contribution in [2.75, 3.05) is 4.90 Å². The summed E-state index contributed by atoms with van der Waals surface area (Å²) < 4.78 is 0. The lowest BCUT2D eigenvalue weighted by molar-refractivity contribution is 0.0955. The number of nitrogens with zero attached hydrogens (tertiary/aromatic N) is 2. The molecule has 146 valence electrons. The van der Waals surface area contributed by atoms with E-state index in [-0.39, 0.29) is 5.91 Å². The summed E-state index contributed by atoms with van der Waals surface area (Å²) in [5.41, 5.74) is 10.6. The average Bonchev–Trinajstić information content (AvgIpc) is 3.11. The van der Waals surface area contributed by atoms with Gasteiger partial charge in [-0.05, 0) is 72.0 Å². The number of amides is 1. The minimum Gasteiger partial charge on any atom is -0.363 e. The Bertz CT molecular complexity index is 1060. The Morgan fingerprint density at radius 1 is 1.00 bits per heavy atom. The molecular formula is C24H22ClN3O. The van der Waals surface area contributed by atoms with Gasteiger partial charge in [0.1, 0.15) is 0 Å². The Hall–Kier alpha value is -3.11. The Morgan fingerprint density at radius 3 is 2.28 bits per heavy atom. The van der Waals surface area contributed by atoms with Crippen molar-refractivity contribution in [3.05, 3.63) is 99.1 Å². The van der Waals surface area contributed by atoms with Crippen molar-refractivity contribution in [3.63, 3.8) is 0 Å². The van der Waals surface area contributed by atoms with Gasteiger partial charge < -0.3 is 4.90 Å². The highest BCUT2D eigenvalue weighted by Crippen LogP contribution is 2.30. The fraction of sp³-hybridized carbons (Fsp3) is 0.167. The number of hydrazone groups is 1. The second-order valence-electron chi connectivity index (χ2n) is 7.36. The van der Waals surface area contributed by atoms with Gasteiger partial charge in [0.05, 0.1) is 6.21 Å². The molecule has 1 aliphatic heterocycles. The number of rotatable bonds is 4. The molecule has 0 saturated heterocycles. The van der Waals surface area contributed by atoms with Crippen molar-refractivity contribution >= 4 is 29.4 Å². The maximum Gasteiger partial charge on any atom is 0.271 e. The van der Waals surface area contributed by atoms with Crippen molar-refractivity contribution in [2.45, 2.75) is 26.9 Å². The van der Waals surface area contributed by atoms with Crippen LogP contribution in [0.4, 0.5) is 5.69 Å². The van der Waals surface area contributed by atoms with E-state index in [1.807, 2.05) is 12.1 Å². The van der Waals surface area contributed by atoms with Crippen LogP contribution in [0.15, 0.2) is 65.8 Å². The summed E-state index contributed by atoms with van der Waals surface area (Å²) in [5, 5.41) is 4.57. The number of anilines is 1. The third-order valence-electron chi connectivity index (χ3n) is 5.26. The highest BCUT2D eigenvalue weighted by Gasteiger charge is 2.19. The normalized spacial score (nSPS) is 13.0. The van der Waals surface area contributed by atoms with Crippen LogP contribution >= 0.6 is 11.6 Å². The number of carbonyl (C=O) groups excluding carboxylic acids is 1. The summed E-state index contributed by atoms with van der Waals surface area (Å²) in [5.74, 6) is -0.291. The lowest BCUT2D eigenvalue weighted by atomic mass is 10.0. The van der Waals surface area contributed by atoms with E-state index in [4.69, 9.17) is 11.6 Å². The number of hydrogen-bond acceptors (Lipinski definition) is 3. The molecule has 4 rings (SSSR count). The first-order valence-electron chi connectivity index (χ1n) is 9.52. The topological polar surface area (TPSA) is 44.7 Å². The highest BCUT2D eigenvalue weighted by molar-refractivity contribution is 6.30. The van der Waals surface area contributed by atoms with Gasteiger partial charge in [-0.2, -0.15) is 5.10 Å². The van der Waals surface area contributed by atoms with Crippen LogP contribution in [0.1, 0.15) is 38.2 Å². The molecule has 4 nitrogen and oxygen atoms in total. The Kier molecular flexibility index (Phi) is 5.36. The monoisotopic (exact) mass is 403 g/mol. The number of nitrogens with one attached hydrogen (secondary N) is 1. The van der Waals surface area contributed by atoms with Crippen LogP contribution in [0.3, 0.4) is 0 Å². The summed E-state index contributed by atoms with van der Waals surface area (Å²) >= 11 is 5.91. The molecule has 3 aromatic rings. The number of aryl methyl sites for hydroxylation is 2. The Morgan fingerprint density at radius 2 is 1.66 bits per heavy atom. The van der Waals surface area contributed by atoms with Crippen molar-refractivity contribution in [2.24, 2.45) is 5.10 Å². The van der Waals surface area contributed by atoms with Gasteiger partial charge in [-0.1, -0.05) is 41.9 Å². The first-order valence-corrected chi connectivity index (χ1v) is 9.90. The molecule has 0 fully saturated rings. The van der Waals surface area contributed by atoms with Gasteiger partial charge in [0.25, 0.3) is 5.91 Å². The van der Waals surface area contributed by atoms with E-state index in [1.165, 1.54) is 27.9 Å². The lowest BCUT2D eigenvalue weighted by Gasteiger charge is -2.17. The van der Waals surface area contributed by atoms with E-state index in [0.717, 1.165) is 18.7 Å². The van der Waals surface area contributed by atoms with Crippen LogP contribution in [-0.2, 0) is 13.1 Å². The smallest absolute Gasteiger partial charge is 0.271 e. The molecule has 29 heavy (non-hydrogen) atoms. The van der Waals surface area contributed by atoms with Gasteiger partial charge in [0.15, 0.2) is 0 Å². The van der Waals surface area contributed by atoms with Gasteiger partial charge in [-0.3, -0.25) is 4.79 Å². The van der Waals surface area contributed by atoms with Crippen molar-refractivity contribution in [1.29, 1.82) is 0 Å². The van der Waals surface area contributed by atoms with Crippen LogP contribution in [-0.4, -0.2) is 12.1 Å². The summed E-state index contributed by atoms with van der Waals surface area (Å²) in [7, 11) is 0. The predicted molar refractivity (Wildman–Crippen MR) is 119 cm³/mol. The zero-order chi connectivity index (χ0) is 20.4. The number of halogens is 1. The van der Waals surface area contributed by atoms with E-state index >= 15 is 0 Å². The number of carbonyl (C=O) groups is 1. The van der Waals surface area contributed by atoms with E-state index in [1.54, 1.807) is 30.5 Å². The molecule has 0 radical (unpaired) electrons. The quantitative estimate of drug-likeness (QED) is 0.478. The summed E-state index contributed by atoms with van der Waals surface area (Å²) in [6.45, 7) is 6.19. The maximum atomic E-state index is 12.1. The molecule has 1 amide bonds. The lowest BCUT2D eigenvalue weighted by Crippen LogP contribution is -2.17. The molecular weight excluding hydrogens is 382 g/mol. The van der Waals surface area contributed by atoms with Gasteiger partial charge in [-0.15, -0.1) is 0 Å². The van der Waals surface area contributed by atoms with Crippen LogP contribution in [0.2, 0.25) is 5.02 Å². The Balaban J connectivity index is 1.38. The average molecular weight is 404 g/mol. The molecule has 1 N–H and O–H groups in total. The van der Waals surface area contributed by atoms with E-state index < -0.39 is 0 Å². The number of benzene rings is 3. The molecule has 0 aliphatic carbocycles. The van der Waals surface area contributed by atoms with Crippen LogP contribution < -0.4 is 10.3 Å². The van der Waals surface area contributed by atoms with E-state index in [9.17, 15) is 4.79 Å². The van der Waals surface area contributed by atoms with Crippen LogP contribution in [0.5, 0.6) is 0 Å². The highest BCUT2D eigenvalue weighted by atomic mass is 35.5. The molecule has 1 heterocycles. The summed E-state index contributed by atoms with van der Waals surface area (Å²) in [6, 6.07) is 19.6. The first kappa shape index (κ1) is 19.2. The molecule has 0 spiro atoms. The second-order valence-corrected chi connectivity index (χ2v) is 7.80. The van der Waals surface area contributed by atoms with Crippen molar-refractivity contribution in [3.8, 4) is 0 Å². The van der Waals surface area contributed by atoms with Gasteiger partial charge in [0.2, 0.25) is 0 Å². The van der Waals surface area contributed by atoms with Gasteiger partial charge in [0, 0.05) is 29.4 Å². The third kappa shape index (κ3) is 4.33. The molecule has 5 heteroatoms. The molecule has 0 unspecified atom stereocenters. The molecule has 1 aliphatic rings. The number of fused-ring (bicyclic) bond motifs is 1. The van der Waals surface area contributed by atoms with Crippen molar-refractivity contribution < 1.29 is 4.79 Å². The summed E-state index contributed by atoms with van der Waals surface area (Å²) in [6.07, 6.45) is 1.64. The SMILES string of the molecule is Cc1cc2c(cc1C)CN(c1ccc(/C=N/NC(=O)c3cccc(Cl)c3)cc1)C2. The van der Waals surface area contributed by atoms with E-state index in [0.29, 0.717) is 10.6 Å². The molecule has 0 bridgehead atoms. The summed E-state index contributed by atoms with van der Waals surface area (Å²) in [4.78, 5) is 14.4. The zero-order valence-electron chi connectivity index (χ0n) is 16.4. The minimum atomic E-state index is -0.291. The predicted octanol–water partition coefficient (Wildman–Crippen LogP) is 5.24. The Labute approximate surface area is 175 Å². The minimum absolute atomic E-state index is 0.291.